The van der Waals surface area contributed by atoms with Gasteiger partial charge in [0.25, 0.3) is 0 Å². The molecular weight excluding hydrogens is 324 g/mol. The van der Waals surface area contributed by atoms with Crippen molar-refractivity contribution in [1.29, 1.82) is 0 Å². The van der Waals surface area contributed by atoms with Crippen LogP contribution in [0.2, 0.25) is 51.4 Å². The molecule has 0 aromatic carbocycles. The van der Waals surface area contributed by atoms with Gasteiger partial charge in [-0.15, -0.1) is 0 Å². The molecule has 0 aromatic rings. The lowest BCUT2D eigenvalue weighted by molar-refractivity contribution is 0.134. The molecule has 0 saturated heterocycles. The Bertz CT molecular complexity index is 294. The van der Waals surface area contributed by atoms with Crippen molar-refractivity contribution >= 4 is 25.2 Å². The molecule has 0 rings (SSSR count). The lowest BCUT2D eigenvalue weighted by Crippen LogP contribution is -2.52. The molecule has 0 radical (unpaired) electrons. The van der Waals surface area contributed by atoms with Crippen molar-refractivity contribution < 1.29 is 13.0 Å². The normalized spacial score (nSPS) is 13.6. The summed E-state index contributed by atoms with van der Waals surface area (Å²) in [5.41, 5.74) is 0. The third-order valence-electron chi connectivity index (χ3n) is 3.59. The maximum absolute atomic E-state index is 6.58. The summed E-state index contributed by atoms with van der Waals surface area (Å²) in [6.07, 6.45) is 4.74. The van der Waals surface area contributed by atoms with Crippen LogP contribution in [-0.4, -0.2) is 38.4 Å². The first kappa shape index (κ1) is 22.5. The van der Waals surface area contributed by atoms with Crippen LogP contribution in [0.4, 0.5) is 0 Å². The van der Waals surface area contributed by atoms with Crippen LogP contribution in [-0.2, 0) is 13.0 Å². The Morgan fingerprint density at radius 2 is 1.14 bits per heavy atom. The van der Waals surface area contributed by atoms with Gasteiger partial charge in [-0.25, -0.2) is 0 Å². The average Bonchev–Trinajstić information content (AvgIpc) is 2.33. The van der Waals surface area contributed by atoms with Gasteiger partial charge in [0.05, 0.1) is 0 Å². The van der Waals surface area contributed by atoms with Gasteiger partial charge in [-0.2, -0.15) is 0 Å². The van der Waals surface area contributed by atoms with Crippen LogP contribution in [0.25, 0.3) is 0 Å². The molecule has 0 unspecified atom stereocenters. The number of hydrogen-bond donors (Lipinski definition) is 0. The van der Waals surface area contributed by atoms with Crippen LogP contribution in [0, 0.1) is 0 Å². The predicted octanol–water partition coefficient (Wildman–Crippen LogP) is 5.75. The van der Waals surface area contributed by atoms with Crippen LogP contribution in [0.3, 0.4) is 0 Å². The van der Waals surface area contributed by atoms with Crippen molar-refractivity contribution in [3.05, 3.63) is 0 Å². The van der Waals surface area contributed by atoms with E-state index in [0.717, 1.165) is 32.1 Å². The van der Waals surface area contributed by atoms with Crippen LogP contribution in [0.1, 0.15) is 39.5 Å². The van der Waals surface area contributed by atoms with E-state index in [1.807, 2.05) is 0 Å². The van der Waals surface area contributed by atoms with E-state index < -0.39 is 25.2 Å². The quantitative estimate of drug-likeness (QED) is 0.308. The van der Waals surface area contributed by atoms with Gasteiger partial charge in [-0.05, 0) is 64.2 Å². The summed E-state index contributed by atoms with van der Waals surface area (Å²) >= 11 is 0. The molecule has 0 aliphatic carbocycles. The fraction of sp³-hybridized carbons (Fsp3) is 1.00. The second-order valence-corrected chi connectivity index (χ2v) is 20.4. The van der Waals surface area contributed by atoms with Crippen molar-refractivity contribution in [3.63, 3.8) is 0 Å². The Labute approximate surface area is 142 Å². The minimum absolute atomic E-state index is 0.868. The molecule has 6 heteroatoms. The molecular formula is C16H40O3Si3. The summed E-state index contributed by atoms with van der Waals surface area (Å²) in [6.45, 7) is 19.9. The molecule has 0 atom stereocenters. The molecule has 0 aromatic heterocycles. The highest BCUT2D eigenvalue weighted by Crippen LogP contribution is 2.26. The largest absolute Gasteiger partial charge is 0.437 e. The number of hydrogen-bond acceptors (Lipinski definition) is 3. The van der Waals surface area contributed by atoms with Gasteiger partial charge in [0, 0.05) is 13.2 Å². The topological polar surface area (TPSA) is 27.7 Å². The van der Waals surface area contributed by atoms with Crippen molar-refractivity contribution in [3.8, 4) is 0 Å². The highest BCUT2D eigenvalue weighted by Gasteiger charge is 2.39. The van der Waals surface area contributed by atoms with Crippen molar-refractivity contribution in [2.75, 3.05) is 13.2 Å². The monoisotopic (exact) mass is 364 g/mol. The molecule has 0 aliphatic rings. The Morgan fingerprint density at radius 3 is 1.59 bits per heavy atom. The predicted molar refractivity (Wildman–Crippen MR) is 105 cm³/mol. The highest BCUT2D eigenvalue weighted by atomic mass is 28.5. The van der Waals surface area contributed by atoms with Gasteiger partial charge in [-0.1, -0.05) is 26.7 Å². The lowest BCUT2D eigenvalue weighted by Gasteiger charge is -2.38. The van der Waals surface area contributed by atoms with Crippen LogP contribution in [0.15, 0.2) is 0 Å². The minimum atomic E-state index is -2.02. The van der Waals surface area contributed by atoms with E-state index in [2.05, 4.69) is 53.1 Å². The zero-order chi connectivity index (χ0) is 17.3. The fourth-order valence-corrected chi connectivity index (χ4v) is 17.1. The third-order valence-corrected chi connectivity index (χ3v) is 15.1. The fourth-order valence-electron chi connectivity index (χ4n) is 2.90. The third kappa shape index (κ3) is 12.0. The summed E-state index contributed by atoms with van der Waals surface area (Å²) in [5.74, 6) is 0. The molecule has 0 fully saturated rings. The van der Waals surface area contributed by atoms with E-state index >= 15 is 0 Å². The minimum Gasteiger partial charge on any atom is -0.437 e. The zero-order valence-electron chi connectivity index (χ0n) is 16.4. The Hall–Kier alpha value is 0.531. The maximum Gasteiger partial charge on any atom is 0.311 e. The SMILES string of the molecule is CCCC[Si](C)(C)O[Si](C)(C)O[Si](C)(C)CCCOCCC. The van der Waals surface area contributed by atoms with Crippen LogP contribution >= 0.6 is 0 Å². The molecule has 134 valence electrons. The van der Waals surface area contributed by atoms with Gasteiger partial charge in [0.2, 0.25) is 0 Å². The first-order chi connectivity index (χ1) is 10.0. The van der Waals surface area contributed by atoms with Gasteiger partial charge in [0.15, 0.2) is 16.6 Å². The van der Waals surface area contributed by atoms with E-state index in [9.17, 15) is 0 Å². The van der Waals surface area contributed by atoms with Gasteiger partial charge in [-0.3, -0.25) is 0 Å². The number of unbranched alkanes of at least 4 members (excludes halogenated alkanes) is 1. The number of rotatable bonds is 13. The van der Waals surface area contributed by atoms with Gasteiger partial charge in [0.1, 0.15) is 0 Å². The first-order valence-electron chi connectivity index (χ1n) is 9.02. The van der Waals surface area contributed by atoms with Crippen molar-refractivity contribution in [2.24, 2.45) is 0 Å². The molecule has 0 heterocycles. The highest BCUT2D eigenvalue weighted by molar-refractivity contribution is 6.87. The summed E-state index contributed by atoms with van der Waals surface area (Å²) in [5, 5.41) is 0. The zero-order valence-corrected chi connectivity index (χ0v) is 19.4. The number of ether oxygens (including phenoxy) is 1. The summed E-state index contributed by atoms with van der Waals surface area (Å²) in [7, 11) is -5.24. The van der Waals surface area contributed by atoms with E-state index in [-0.39, 0.29) is 0 Å². The van der Waals surface area contributed by atoms with E-state index in [4.69, 9.17) is 13.0 Å². The second kappa shape index (κ2) is 10.4. The smallest absolute Gasteiger partial charge is 0.311 e. The Balaban J connectivity index is 4.29. The van der Waals surface area contributed by atoms with E-state index in [1.165, 1.54) is 18.9 Å². The first-order valence-corrected chi connectivity index (χ1v) is 18.1. The average molecular weight is 365 g/mol. The van der Waals surface area contributed by atoms with Crippen LogP contribution < -0.4 is 0 Å². The molecule has 22 heavy (non-hydrogen) atoms. The second-order valence-electron chi connectivity index (χ2n) is 7.94. The molecule has 0 bridgehead atoms. The Kier molecular flexibility index (Phi) is 10.7. The summed E-state index contributed by atoms with van der Waals surface area (Å²) in [4.78, 5) is 0. The van der Waals surface area contributed by atoms with Gasteiger partial charge >= 0.3 is 8.56 Å². The van der Waals surface area contributed by atoms with Crippen LogP contribution in [0.5, 0.6) is 0 Å². The van der Waals surface area contributed by atoms with Gasteiger partial charge < -0.3 is 13.0 Å². The lowest BCUT2D eigenvalue weighted by atomic mass is 10.4. The molecule has 0 spiro atoms. The Morgan fingerprint density at radius 1 is 0.636 bits per heavy atom. The molecule has 0 saturated carbocycles. The molecule has 0 N–H and O–H groups in total. The molecule has 3 nitrogen and oxygen atoms in total. The van der Waals surface area contributed by atoms with E-state index in [0.29, 0.717) is 0 Å². The van der Waals surface area contributed by atoms with Crippen molar-refractivity contribution in [1.82, 2.24) is 0 Å². The van der Waals surface area contributed by atoms with Crippen molar-refractivity contribution in [2.45, 2.75) is 90.9 Å². The van der Waals surface area contributed by atoms with E-state index in [1.54, 1.807) is 0 Å². The standard InChI is InChI=1S/C16H40O3Si3/c1-9-11-15-20(3,4)18-22(7,8)19-21(5,6)16-12-14-17-13-10-2/h9-16H2,1-8H3. The summed E-state index contributed by atoms with van der Waals surface area (Å²) in [6, 6.07) is 2.41. The maximum atomic E-state index is 6.58. The molecule has 0 aliphatic heterocycles. The summed E-state index contributed by atoms with van der Waals surface area (Å²) < 4.78 is 18.7. The molecule has 0 amide bonds.